The lowest BCUT2D eigenvalue weighted by Gasteiger charge is -2.26. The summed E-state index contributed by atoms with van der Waals surface area (Å²) in [7, 11) is 0. The van der Waals surface area contributed by atoms with Gasteiger partial charge in [0.25, 0.3) is 0 Å². The molecule has 11 aromatic rings. The lowest BCUT2D eigenvalue weighted by atomic mass is 9.95. The number of hydrogen-bond acceptors (Lipinski definition) is 2. The molecule has 0 bridgehead atoms. The number of nitrogens with zero attached hydrogens (tertiary/aromatic N) is 1. The zero-order valence-electron chi connectivity index (χ0n) is 30.6. The van der Waals surface area contributed by atoms with Gasteiger partial charge in [-0.15, -0.1) is 0 Å². The zero-order chi connectivity index (χ0) is 37.0. The number of furan rings is 1. The van der Waals surface area contributed by atoms with Crippen molar-refractivity contribution in [3.63, 3.8) is 0 Å². The van der Waals surface area contributed by atoms with E-state index in [1.54, 1.807) is 0 Å². The third kappa shape index (κ3) is 5.51. The smallest absolute Gasteiger partial charge is 0.135 e. The van der Waals surface area contributed by atoms with Crippen LogP contribution < -0.4 is 4.90 Å². The zero-order valence-corrected chi connectivity index (χ0v) is 30.6. The Balaban J connectivity index is 0.988. The molecule has 0 N–H and O–H groups in total. The normalized spacial score (nSPS) is 11.6. The Bertz CT molecular complexity index is 3240. The molecule has 262 valence electrons. The lowest BCUT2D eigenvalue weighted by molar-refractivity contribution is 0.669. The second kappa shape index (κ2) is 13.2. The van der Waals surface area contributed by atoms with E-state index in [0.717, 1.165) is 50.1 Å². The molecule has 1 aromatic heterocycles. The van der Waals surface area contributed by atoms with Gasteiger partial charge >= 0.3 is 0 Å². The summed E-state index contributed by atoms with van der Waals surface area (Å²) >= 11 is 0. The summed E-state index contributed by atoms with van der Waals surface area (Å²) in [6.07, 6.45) is 0. The molecule has 0 spiro atoms. The second-order valence-electron chi connectivity index (χ2n) is 14.5. The van der Waals surface area contributed by atoms with Crippen LogP contribution >= 0.6 is 0 Å². The summed E-state index contributed by atoms with van der Waals surface area (Å²) in [5.41, 5.74) is 12.3. The number of fused-ring (bicyclic) bond motifs is 7. The lowest BCUT2D eigenvalue weighted by Crippen LogP contribution is -2.09. The molecule has 11 rings (SSSR count). The van der Waals surface area contributed by atoms with Crippen LogP contribution in [0.1, 0.15) is 0 Å². The molecule has 1 heterocycles. The van der Waals surface area contributed by atoms with E-state index in [1.165, 1.54) is 54.6 Å². The molecule has 0 fully saturated rings. The van der Waals surface area contributed by atoms with Crippen molar-refractivity contribution >= 4 is 71.3 Å². The van der Waals surface area contributed by atoms with Crippen LogP contribution in [-0.2, 0) is 0 Å². The largest absolute Gasteiger partial charge is 0.456 e. The highest BCUT2D eigenvalue weighted by molar-refractivity contribution is 6.09. The number of hydrogen-bond donors (Lipinski definition) is 0. The van der Waals surface area contributed by atoms with Gasteiger partial charge < -0.3 is 9.32 Å². The van der Waals surface area contributed by atoms with Crippen LogP contribution in [0.5, 0.6) is 0 Å². The molecule has 0 aliphatic carbocycles. The Morgan fingerprint density at radius 1 is 0.268 bits per heavy atom. The molecule has 56 heavy (non-hydrogen) atoms. The van der Waals surface area contributed by atoms with E-state index in [0.29, 0.717) is 0 Å². The van der Waals surface area contributed by atoms with Crippen molar-refractivity contribution < 1.29 is 4.42 Å². The first-order valence-electron chi connectivity index (χ1n) is 19.2. The SMILES string of the molecule is c1cc(-c2ccc(N(c3ccc(-c4ccc5oc6ccccc6c5c4)cc3)c3ccc4c(ccc5ccccc54)c3)cc2)cc(-c2cccc3ccccc23)c1. The third-order valence-electron chi connectivity index (χ3n) is 11.2. The van der Waals surface area contributed by atoms with Crippen LogP contribution in [-0.4, -0.2) is 0 Å². The van der Waals surface area contributed by atoms with E-state index in [1.807, 2.05) is 12.1 Å². The molecule has 0 aliphatic rings. The maximum Gasteiger partial charge on any atom is 0.135 e. The van der Waals surface area contributed by atoms with Crippen molar-refractivity contribution in [2.24, 2.45) is 0 Å². The van der Waals surface area contributed by atoms with Crippen molar-refractivity contribution in [2.45, 2.75) is 0 Å². The topological polar surface area (TPSA) is 16.4 Å². The molecular formula is C54H35NO. The molecule has 0 radical (unpaired) electrons. The quantitative estimate of drug-likeness (QED) is 0.160. The molecule has 10 aromatic carbocycles. The van der Waals surface area contributed by atoms with Crippen molar-refractivity contribution in [2.75, 3.05) is 4.90 Å². The molecule has 0 saturated carbocycles. The minimum Gasteiger partial charge on any atom is -0.456 e. The monoisotopic (exact) mass is 713 g/mol. The van der Waals surface area contributed by atoms with Gasteiger partial charge in [0.2, 0.25) is 0 Å². The van der Waals surface area contributed by atoms with Gasteiger partial charge in [0.05, 0.1) is 0 Å². The van der Waals surface area contributed by atoms with E-state index in [2.05, 4.69) is 205 Å². The second-order valence-corrected chi connectivity index (χ2v) is 14.5. The molecule has 0 aliphatic heterocycles. The minimum absolute atomic E-state index is 0.908. The summed E-state index contributed by atoms with van der Waals surface area (Å²) < 4.78 is 6.12. The number of para-hydroxylation sites is 1. The Labute approximate surface area is 325 Å². The number of anilines is 3. The predicted octanol–water partition coefficient (Wildman–Crippen LogP) is 15.5. The highest BCUT2D eigenvalue weighted by Gasteiger charge is 2.16. The van der Waals surface area contributed by atoms with Crippen molar-refractivity contribution in [3.05, 3.63) is 212 Å². The van der Waals surface area contributed by atoms with E-state index in [4.69, 9.17) is 4.42 Å². The first kappa shape index (κ1) is 32.0. The van der Waals surface area contributed by atoms with E-state index in [-0.39, 0.29) is 0 Å². The fraction of sp³-hybridized carbons (Fsp3) is 0. The van der Waals surface area contributed by atoms with E-state index >= 15 is 0 Å². The Kier molecular flexibility index (Phi) is 7.53. The highest BCUT2D eigenvalue weighted by Crippen LogP contribution is 2.40. The van der Waals surface area contributed by atoms with Crippen molar-refractivity contribution in [1.29, 1.82) is 0 Å². The Morgan fingerprint density at radius 3 is 1.59 bits per heavy atom. The van der Waals surface area contributed by atoms with Gasteiger partial charge in [-0.05, 0) is 126 Å². The van der Waals surface area contributed by atoms with E-state index < -0.39 is 0 Å². The maximum absolute atomic E-state index is 6.12. The van der Waals surface area contributed by atoms with Crippen molar-refractivity contribution in [1.82, 2.24) is 0 Å². The summed E-state index contributed by atoms with van der Waals surface area (Å²) in [5, 5.41) is 9.78. The highest BCUT2D eigenvalue weighted by atomic mass is 16.3. The third-order valence-corrected chi connectivity index (χ3v) is 11.2. The van der Waals surface area contributed by atoms with Crippen LogP contribution in [0.15, 0.2) is 217 Å². The molecule has 2 nitrogen and oxygen atoms in total. The Morgan fingerprint density at radius 2 is 0.804 bits per heavy atom. The van der Waals surface area contributed by atoms with Crippen molar-refractivity contribution in [3.8, 4) is 33.4 Å². The van der Waals surface area contributed by atoms with Gasteiger partial charge in [-0.25, -0.2) is 0 Å². The molecular weight excluding hydrogens is 679 g/mol. The fourth-order valence-corrected chi connectivity index (χ4v) is 8.44. The molecule has 0 atom stereocenters. The maximum atomic E-state index is 6.12. The first-order valence-corrected chi connectivity index (χ1v) is 19.2. The molecule has 0 saturated heterocycles. The summed E-state index contributed by atoms with van der Waals surface area (Å²) in [5.74, 6) is 0. The van der Waals surface area contributed by atoms with Gasteiger partial charge in [-0.2, -0.15) is 0 Å². The predicted molar refractivity (Wildman–Crippen MR) is 237 cm³/mol. The number of rotatable bonds is 6. The van der Waals surface area contributed by atoms with Gasteiger partial charge in [0.15, 0.2) is 0 Å². The first-order chi connectivity index (χ1) is 27.7. The van der Waals surface area contributed by atoms with Crippen LogP contribution in [0, 0.1) is 0 Å². The van der Waals surface area contributed by atoms with Crippen LogP contribution in [0.25, 0.3) is 87.6 Å². The fourth-order valence-electron chi connectivity index (χ4n) is 8.44. The minimum atomic E-state index is 0.908. The summed E-state index contributed by atoms with van der Waals surface area (Å²) in [6.45, 7) is 0. The van der Waals surface area contributed by atoms with Gasteiger partial charge in [-0.1, -0.05) is 152 Å². The van der Waals surface area contributed by atoms with Crippen LogP contribution in [0.4, 0.5) is 17.1 Å². The van der Waals surface area contributed by atoms with Gasteiger partial charge in [0, 0.05) is 27.8 Å². The average Bonchev–Trinajstić information content (AvgIpc) is 3.65. The molecule has 2 heteroatoms. The summed E-state index contributed by atoms with van der Waals surface area (Å²) in [4.78, 5) is 2.36. The molecule has 0 unspecified atom stereocenters. The van der Waals surface area contributed by atoms with Crippen LogP contribution in [0.3, 0.4) is 0 Å². The van der Waals surface area contributed by atoms with Gasteiger partial charge in [0.1, 0.15) is 11.2 Å². The standard InChI is InChI=1S/C54H35NO/c1-3-14-47-38(9-1)11-8-17-49(47)42-13-7-12-40(33-42)36-21-26-44(27-22-36)55(46-30-31-50-43(34-46)20-19-39-10-2-4-15-48(39)50)45-28-23-37(24-29-45)41-25-32-54-52(35-41)51-16-5-6-18-53(51)56-54/h1-35H. The van der Waals surface area contributed by atoms with E-state index in [9.17, 15) is 0 Å². The Hall–Kier alpha value is -7.42. The molecule has 0 amide bonds. The number of benzene rings is 10. The summed E-state index contributed by atoms with van der Waals surface area (Å²) in [6, 6.07) is 76.6. The van der Waals surface area contributed by atoms with Gasteiger partial charge in [-0.3, -0.25) is 0 Å². The average molecular weight is 714 g/mol. The van der Waals surface area contributed by atoms with Crippen LogP contribution in [0.2, 0.25) is 0 Å².